The van der Waals surface area contributed by atoms with Gasteiger partial charge in [-0.1, -0.05) is 6.92 Å². The Kier molecular flexibility index (Phi) is 5.19. The molecule has 5 nitrogen and oxygen atoms in total. The number of likely N-dealkylation sites (tertiary alicyclic amines) is 1. The Morgan fingerprint density at radius 1 is 1.42 bits per heavy atom. The number of aliphatic hydroxyl groups excluding tert-OH is 1. The normalized spacial score (nSPS) is 23.9. The van der Waals surface area contributed by atoms with Gasteiger partial charge in [-0.25, -0.2) is 0 Å². The Balaban J connectivity index is 1.71. The number of carbonyl (C=O) groups excluding carboxylic acids is 1. The molecular formula is C14H26N2O3. The first-order chi connectivity index (χ1) is 9.19. The zero-order chi connectivity index (χ0) is 13.7. The van der Waals surface area contributed by atoms with Crippen LogP contribution in [0, 0.1) is 11.3 Å². The summed E-state index contributed by atoms with van der Waals surface area (Å²) in [6, 6.07) is 0. The second kappa shape index (κ2) is 6.68. The second-order valence-electron chi connectivity index (χ2n) is 5.99. The summed E-state index contributed by atoms with van der Waals surface area (Å²) in [5.74, 6) is 0.385. The number of rotatable bonds is 6. The fourth-order valence-corrected chi connectivity index (χ4v) is 2.84. The Bertz CT molecular complexity index is 292. The summed E-state index contributed by atoms with van der Waals surface area (Å²) < 4.78 is 5.22. The first kappa shape index (κ1) is 14.8. The molecule has 1 amide bonds. The molecule has 2 aliphatic rings. The Labute approximate surface area is 115 Å². The van der Waals surface area contributed by atoms with Crippen molar-refractivity contribution in [1.29, 1.82) is 0 Å². The van der Waals surface area contributed by atoms with E-state index in [-0.39, 0.29) is 23.8 Å². The third kappa shape index (κ3) is 3.68. The van der Waals surface area contributed by atoms with Gasteiger partial charge in [-0.3, -0.25) is 4.79 Å². The average Bonchev–Trinajstić information content (AvgIpc) is 2.41. The largest absolute Gasteiger partial charge is 0.396 e. The molecule has 0 spiro atoms. The third-order valence-electron chi connectivity index (χ3n) is 4.22. The molecule has 0 aromatic carbocycles. The quantitative estimate of drug-likeness (QED) is 0.725. The summed E-state index contributed by atoms with van der Waals surface area (Å²) in [4.78, 5) is 14.2. The van der Waals surface area contributed by atoms with Crippen LogP contribution >= 0.6 is 0 Å². The molecule has 0 aromatic heterocycles. The topological polar surface area (TPSA) is 61.8 Å². The van der Waals surface area contributed by atoms with Gasteiger partial charge in [0.25, 0.3) is 0 Å². The number of nitrogens with zero attached hydrogens (tertiary/aromatic N) is 1. The zero-order valence-corrected chi connectivity index (χ0v) is 11.9. The number of ether oxygens (including phenoxy) is 1. The molecule has 2 saturated heterocycles. The number of amides is 1. The van der Waals surface area contributed by atoms with E-state index in [1.807, 2.05) is 0 Å². The third-order valence-corrected chi connectivity index (χ3v) is 4.22. The SMILES string of the molecule is CCCNC(=O)C1CCN(CC2(CO)COC2)CC1. The summed E-state index contributed by atoms with van der Waals surface area (Å²) in [5, 5.41) is 12.4. The van der Waals surface area contributed by atoms with E-state index in [0.29, 0.717) is 13.2 Å². The molecule has 0 saturated carbocycles. The van der Waals surface area contributed by atoms with Crippen molar-refractivity contribution >= 4 is 5.91 Å². The lowest BCUT2D eigenvalue weighted by molar-refractivity contribution is -0.151. The molecule has 0 aromatic rings. The van der Waals surface area contributed by atoms with E-state index in [4.69, 9.17) is 4.74 Å². The van der Waals surface area contributed by atoms with E-state index in [1.54, 1.807) is 0 Å². The van der Waals surface area contributed by atoms with Crippen LogP contribution in [-0.4, -0.2) is 61.9 Å². The summed E-state index contributed by atoms with van der Waals surface area (Å²) in [5.41, 5.74) is -0.0443. The molecule has 2 heterocycles. The highest BCUT2D eigenvalue weighted by molar-refractivity contribution is 5.78. The highest BCUT2D eigenvalue weighted by atomic mass is 16.5. The van der Waals surface area contributed by atoms with E-state index in [2.05, 4.69) is 17.1 Å². The summed E-state index contributed by atoms with van der Waals surface area (Å²) in [6.07, 6.45) is 2.85. The van der Waals surface area contributed by atoms with Gasteiger partial charge in [0.1, 0.15) is 0 Å². The van der Waals surface area contributed by atoms with Crippen LogP contribution in [0.3, 0.4) is 0 Å². The first-order valence-electron chi connectivity index (χ1n) is 7.38. The monoisotopic (exact) mass is 270 g/mol. The van der Waals surface area contributed by atoms with Gasteiger partial charge in [0.15, 0.2) is 0 Å². The van der Waals surface area contributed by atoms with Crippen LogP contribution in [0.1, 0.15) is 26.2 Å². The second-order valence-corrected chi connectivity index (χ2v) is 5.99. The average molecular weight is 270 g/mol. The fourth-order valence-electron chi connectivity index (χ4n) is 2.84. The van der Waals surface area contributed by atoms with Gasteiger partial charge in [-0.05, 0) is 32.4 Å². The molecular weight excluding hydrogens is 244 g/mol. The molecule has 0 aliphatic carbocycles. The maximum Gasteiger partial charge on any atom is 0.223 e. The maximum atomic E-state index is 11.9. The van der Waals surface area contributed by atoms with Crippen LogP contribution < -0.4 is 5.32 Å². The molecule has 5 heteroatoms. The Morgan fingerprint density at radius 3 is 2.58 bits per heavy atom. The smallest absolute Gasteiger partial charge is 0.223 e. The van der Waals surface area contributed by atoms with E-state index < -0.39 is 0 Å². The van der Waals surface area contributed by atoms with Gasteiger partial charge in [0.2, 0.25) is 5.91 Å². The van der Waals surface area contributed by atoms with Gasteiger partial charge >= 0.3 is 0 Å². The van der Waals surface area contributed by atoms with Crippen molar-refractivity contribution in [2.45, 2.75) is 26.2 Å². The predicted molar refractivity (Wildman–Crippen MR) is 72.8 cm³/mol. The summed E-state index contributed by atoms with van der Waals surface area (Å²) in [6.45, 7) is 7.18. The van der Waals surface area contributed by atoms with Crippen LogP contribution in [0.4, 0.5) is 0 Å². The van der Waals surface area contributed by atoms with Gasteiger partial charge in [-0.15, -0.1) is 0 Å². The summed E-state index contributed by atoms with van der Waals surface area (Å²) in [7, 11) is 0. The molecule has 0 atom stereocenters. The lowest BCUT2D eigenvalue weighted by Crippen LogP contribution is -2.54. The zero-order valence-electron chi connectivity index (χ0n) is 11.9. The highest BCUT2D eigenvalue weighted by Crippen LogP contribution is 2.29. The van der Waals surface area contributed by atoms with E-state index in [9.17, 15) is 9.90 Å². The molecule has 0 unspecified atom stereocenters. The fraction of sp³-hybridized carbons (Fsp3) is 0.929. The van der Waals surface area contributed by atoms with Crippen LogP contribution in [-0.2, 0) is 9.53 Å². The van der Waals surface area contributed by atoms with E-state index in [1.165, 1.54) is 0 Å². The van der Waals surface area contributed by atoms with Crippen molar-refractivity contribution in [3.63, 3.8) is 0 Å². The highest BCUT2D eigenvalue weighted by Gasteiger charge is 2.40. The van der Waals surface area contributed by atoms with Crippen molar-refractivity contribution in [2.75, 3.05) is 46.0 Å². The lowest BCUT2D eigenvalue weighted by Gasteiger charge is -2.44. The van der Waals surface area contributed by atoms with Crippen molar-refractivity contribution in [2.24, 2.45) is 11.3 Å². The number of nitrogens with one attached hydrogen (secondary N) is 1. The molecule has 2 N–H and O–H groups in total. The van der Waals surface area contributed by atoms with Crippen LogP contribution in [0.15, 0.2) is 0 Å². The number of aliphatic hydroxyl groups is 1. The van der Waals surface area contributed by atoms with Crippen molar-refractivity contribution in [3.8, 4) is 0 Å². The van der Waals surface area contributed by atoms with Gasteiger partial charge in [-0.2, -0.15) is 0 Å². The van der Waals surface area contributed by atoms with E-state index >= 15 is 0 Å². The maximum absolute atomic E-state index is 11.9. The van der Waals surface area contributed by atoms with Gasteiger partial charge < -0.3 is 20.1 Å². The van der Waals surface area contributed by atoms with Gasteiger partial charge in [0.05, 0.1) is 25.2 Å². The number of carbonyl (C=O) groups is 1. The first-order valence-corrected chi connectivity index (χ1v) is 7.38. The minimum atomic E-state index is -0.0443. The number of hydrogen-bond donors (Lipinski definition) is 2. The van der Waals surface area contributed by atoms with Crippen LogP contribution in [0.25, 0.3) is 0 Å². The molecule has 0 radical (unpaired) electrons. The van der Waals surface area contributed by atoms with Gasteiger partial charge in [0, 0.05) is 19.0 Å². The molecule has 2 rings (SSSR count). The number of hydrogen-bond acceptors (Lipinski definition) is 4. The minimum Gasteiger partial charge on any atom is -0.396 e. The van der Waals surface area contributed by atoms with Crippen molar-refractivity contribution in [1.82, 2.24) is 10.2 Å². The Morgan fingerprint density at radius 2 is 2.11 bits per heavy atom. The van der Waals surface area contributed by atoms with Crippen LogP contribution in [0.5, 0.6) is 0 Å². The van der Waals surface area contributed by atoms with Crippen LogP contribution in [0.2, 0.25) is 0 Å². The van der Waals surface area contributed by atoms with Crippen molar-refractivity contribution < 1.29 is 14.6 Å². The lowest BCUT2D eigenvalue weighted by atomic mass is 9.85. The molecule has 2 fully saturated rings. The molecule has 19 heavy (non-hydrogen) atoms. The molecule has 110 valence electrons. The number of piperidine rings is 1. The standard InChI is InChI=1S/C14H26N2O3/c1-2-5-15-13(18)12-3-6-16(7-4-12)8-14(9-17)10-19-11-14/h12,17H,2-11H2,1H3,(H,15,18). The Hall–Kier alpha value is -0.650. The van der Waals surface area contributed by atoms with Crippen molar-refractivity contribution in [3.05, 3.63) is 0 Å². The molecule has 0 bridgehead atoms. The van der Waals surface area contributed by atoms with E-state index in [0.717, 1.165) is 45.4 Å². The molecule has 2 aliphatic heterocycles. The summed E-state index contributed by atoms with van der Waals surface area (Å²) >= 11 is 0. The predicted octanol–water partition coefficient (Wildman–Crippen LogP) is 0.234. The minimum absolute atomic E-state index is 0.0443.